The van der Waals surface area contributed by atoms with E-state index in [1.165, 1.54) is 0 Å². The number of carbonyl (C=O) groups is 2. The average Bonchev–Trinajstić information content (AvgIpc) is 2.61. The van der Waals surface area contributed by atoms with Gasteiger partial charge in [0.2, 0.25) is 0 Å². The van der Waals surface area contributed by atoms with Crippen molar-refractivity contribution in [1.82, 2.24) is 15.2 Å². The highest BCUT2D eigenvalue weighted by molar-refractivity contribution is 5.98. The molecule has 0 atom stereocenters. The van der Waals surface area contributed by atoms with Crippen molar-refractivity contribution in [2.45, 2.75) is 39.7 Å². The first-order valence-electron chi connectivity index (χ1n) is 9.08. The molecule has 2 aromatic rings. The van der Waals surface area contributed by atoms with E-state index in [4.69, 9.17) is 4.74 Å². The Morgan fingerprint density at radius 1 is 1.23 bits per heavy atom. The summed E-state index contributed by atoms with van der Waals surface area (Å²) in [6.45, 7) is 7.26. The Bertz CT molecular complexity index is 826. The van der Waals surface area contributed by atoms with Crippen molar-refractivity contribution in [3.8, 4) is 0 Å². The molecule has 6 nitrogen and oxygen atoms in total. The van der Waals surface area contributed by atoms with E-state index >= 15 is 0 Å². The number of likely N-dealkylation sites (tertiary alicyclic amines) is 1. The van der Waals surface area contributed by atoms with Crippen molar-refractivity contribution >= 4 is 22.9 Å². The lowest BCUT2D eigenvalue weighted by molar-refractivity contribution is 0.0859. The first-order chi connectivity index (χ1) is 12.5. The van der Waals surface area contributed by atoms with E-state index < -0.39 is 0 Å². The summed E-state index contributed by atoms with van der Waals surface area (Å²) >= 11 is 0. The highest BCUT2D eigenvalue weighted by Crippen LogP contribution is 2.19. The monoisotopic (exact) mass is 355 g/mol. The van der Waals surface area contributed by atoms with Crippen LogP contribution >= 0.6 is 0 Å². The number of aromatic nitrogens is 1. The van der Waals surface area contributed by atoms with E-state index in [1.807, 2.05) is 38.1 Å². The number of pyridine rings is 1. The van der Waals surface area contributed by atoms with Crippen molar-refractivity contribution < 1.29 is 14.3 Å². The second-order valence-electron chi connectivity index (χ2n) is 6.75. The predicted molar refractivity (Wildman–Crippen MR) is 100 cm³/mol. The number of nitrogens with one attached hydrogen (secondary N) is 1. The number of nitrogens with zero attached hydrogens (tertiary/aromatic N) is 2. The molecule has 0 bridgehead atoms. The number of fused-ring (bicyclic) bond motifs is 1. The van der Waals surface area contributed by atoms with E-state index in [-0.39, 0.29) is 18.0 Å². The van der Waals surface area contributed by atoms with Gasteiger partial charge in [-0.25, -0.2) is 4.79 Å². The number of hydrogen-bond donors (Lipinski definition) is 1. The van der Waals surface area contributed by atoms with E-state index in [1.54, 1.807) is 11.8 Å². The Hall–Kier alpha value is -2.63. The molecular weight excluding hydrogens is 330 g/mol. The molecule has 0 radical (unpaired) electrons. The summed E-state index contributed by atoms with van der Waals surface area (Å²) in [6.07, 6.45) is 1.18. The first-order valence-corrected chi connectivity index (χ1v) is 9.08. The molecule has 1 saturated heterocycles. The number of benzene rings is 1. The molecule has 0 saturated carbocycles. The van der Waals surface area contributed by atoms with Gasteiger partial charge >= 0.3 is 6.09 Å². The Labute approximate surface area is 153 Å². The van der Waals surface area contributed by atoms with Gasteiger partial charge in [0.25, 0.3) is 5.91 Å². The van der Waals surface area contributed by atoms with E-state index in [9.17, 15) is 9.59 Å². The number of ether oxygens (including phenoxy) is 1. The van der Waals surface area contributed by atoms with Gasteiger partial charge in [-0.15, -0.1) is 0 Å². The van der Waals surface area contributed by atoms with Crippen LogP contribution in [-0.4, -0.2) is 47.6 Å². The third kappa shape index (κ3) is 3.95. The second kappa shape index (κ2) is 7.72. The van der Waals surface area contributed by atoms with Crippen LogP contribution in [0.2, 0.25) is 0 Å². The summed E-state index contributed by atoms with van der Waals surface area (Å²) in [5.74, 6) is -0.105. The number of aryl methyl sites for hydroxylation is 2. The smallest absolute Gasteiger partial charge is 0.409 e. The minimum atomic E-state index is -0.276. The number of rotatable bonds is 3. The number of amides is 2. The Morgan fingerprint density at radius 3 is 2.65 bits per heavy atom. The summed E-state index contributed by atoms with van der Waals surface area (Å²) in [5.41, 5.74) is 3.38. The fourth-order valence-corrected chi connectivity index (χ4v) is 3.29. The molecule has 3 rings (SSSR count). The lowest BCUT2D eigenvalue weighted by Gasteiger charge is -2.31. The molecule has 2 amide bonds. The summed E-state index contributed by atoms with van der Waals surface area (Å²) in [7, 11) is 0. The van der Waals surface area contributed by atoms with Gasteiger partial charge in [-0.05, 0) is 51.3 Å². The lowest BCUT2D eigenvalue weighted by atomic mass is 10.0. The Morgan fingerprint density at radius 2 is 1.96 bits per heavy atom. The van der Waals surface area contributed by atoms with Gasteiger partial charge in [0.1, 0.15) is 0 Å². The SMILES string of the molecule is CCOC(=O)N1CCC(NC(=O)c2cc3ccc(C)cc3nc2C)CC1. The first kappa shape index (κ1) is 18.2. The molecule has 1 aliphatic heterocycles. The van der Waals surface area contributed by atoms with Gasteiger partial charge in [0.15, 0.2) is 0 Å². The van der Waals surface area contributed by atoms with Gasteiger partial charge in [-0.1, -0.05) is 12.1 Å². The molecule has 2 heterocycles. The van der Waals surface area contributed by atoms with Gasteiger partial charge in [0.05, 0.1) is 23.4 Å². The summed E-state index contributed by atoms with van der Waals surface area (Å²) in [4.78, 5) is 30.7. The fourth-order valence-electron chi connectivity index (χ4n) is 3.29. The fraction of sp³-hybridized carbons (Fsp3) is 0.450. The highest BCUT2D eigenvalue weighted by Gasteiger charge is 2.25. The van der Waals surface area contributed by atoms with Crippen LogP contribution in [0.3, 0.4) is 0 Å². The lowest BCUT2D eigenvalue weighted by Crippen LogP contribution is -2.46. The van der Waals surface area contributed by atoms with Crippen molar-refractivity contribution in [2.75, 3.05) is 19.7 Å². The van der Waals surface area contributed by atoms with Crippen LogP contribution in [0.5, 0.6) is 0 Å². The van der Waals surface area contributed by atoms with E-state index in [0.717, 1.165) is 35.0 Å². The van der Waals surface area contributed by atoms with Crippen LogP contribution < -0.4 is 5.32 Å². The average molecular weight is 355 g/mol. The third-order valence-corrected chi connectivity index (χ3v) is 4.76. The normalized spacial score (nSPS) is 15.1. The maximum atomic E-state index is 12.7. The number of piperidine rings is 1. The van der Waals surface area contributed by atoms with Crippen LogP contribution in [-0.2, 0) is 4.74 Å². The molecule has 1 aromatic heterocycles. The number of hydrogen-bond acceptors (Lipinski definition) is 4. The molecular formula is C20H25N3O3. The third-order valence-electron chi connectivity index (χ3n) is 4.76. The minimum absolute atomic E-state index is 0.0568. The zero-order valence-electron chi connectivity index (χ0n) is 15.5. The van der Waals surface area contributed by atoms with Crippen LogP contribution in [0.25, 0.3) is 10.9 Å². The van der Waals surface area contributed by atoms with Crippen LogP contribution in [0, 0.1) is 13.8 Å². The van der Waals surface area contributed by atoms with E-state index in [2.05, 4.69) is 10.3 Å². The Balaban J connectivity index is 1.65. The van der Waals surface area contributed by atoms with Gasteiger partial charge in [0, 0.05) is 24.5 Å². The zero-order valence-corrected chi connectivity index (χ0v) is 15.5. The predicted octanol–water partition coefficient (Wildman–Crippen LogP) is 3.20. The minimum Gasteiger partial charge on any atom is -0.450 e. The maximum absolute atomic E-state index is 12.7. The number of carbonyl (C=O) groups excluding carboxylic acids is 2. The van der Waals surface area contributed by atoms with Crippen LogP contribution in [0.4, 0.5) is 4.79 Å². The Kier molecular flexibility index (Phi) is 5.40. The molecule has 0 aliphatic carbocycles. The molecule has 1 aromatic carbocycles. The molecule has 6 heteroatoms. The van der Waals surface area contributed by atoms with Crippen molar-refractivity contribution in [1.29, 1.82) is 0 Å². The molecule has 26 heavy (non-hydrogen) atoms. The van der Waals surface area contributed by atoms with Crippen molar-refractivity contribution in [3.63, 3.8) is 0 Å². The molecule has 138 valence electrons. The van der Waals surface area contributed by atoms with E-state index in [0.29, 0.717) is 25.3 Å². The molecule has 0 spiro atoms. The topological polar surface area (TPSA) is 71.5 Å². The van der Waals surface area contributed by atoms with Crippen molar-refractivity contribution in [2.24, 2.45) is 0 Å². The molecule has 0 unspecified atom stereocenters. The standard InChI is InChI=1S/C20H25N3O3/c1-4-26-20(25)23-9-7-16(8-10-23)22-19(24)17-12-15-6-5-13(2)11-18(15)21-14(17)3/h5-6,11-12,16H,4,7-10H2,1-3H3,(H,22,24). The highest BCUT2D eigenvalue weighted by atomic mass is 16.6. The molecule has 1 aliphatic rings. The quantitative estimate of drug-likeness (QED) is 0.918. The largest absolute Gasteiger partial charge is 0.450 e. The van der Waals surface area contributed by atoms with Gasteiger partial charge in [-0.3, -0.25) is 9.78 Å². The van der Waals surface area contributed by atoms with Gasteiger partial charge in [-0.2, -0.15) is 0 Å². The van der Waals surface area contributed by atoms with Crippen molar-refractivity contribution in [3.05, 3.63) is 41.1 Å². The second-order valence-corrected chi connectivity index (χ2v) is 6.75. The summed E-state index contributed by atoms with van der Waals surface area (Å²) in [6, 6.07) is 7.99. The maximum Gasteiger partial charge on any atom is 0.409 e. The van der Waals surface area contributed by atoms with Crippen LogP contribution in [0.1, 0.15) is 41.4 Å². The van der Waals surface area contributed by atoms with Crippen LogP contribution in [0.15, 0.2) is 24.3 Å². The zero-order chi connectivity index (χ0) is 18.7. The molecule has 1 fully saturated rings. The van der Waals surface area contributed by atoms with Gasteiger partial charge < -0.3 is 15.0 Å². The summed E-state index contributed by atoms with van der Waals surface area (Å²) in [5, 5.41) is 4.05. The summed E-state index contributed by atoms with van der Waals surface area (Å²) < 4.78 is 5.02. The molecule has 1 N–H and O–H groups in total.